The summed E-state index contributed by atoms with van der Waals surface area (Å²) in [6.45, 7) is 5.73. The van der Waals surface area contributed by atoms with E-state index in [1.54, 1.807) is 0 Å². The molecule has 1 saturated carbocycles. The summed E-state index contributed by atoms with van der Waals surface area (Å²) in [7, 11) is 0. The highest BCUT2D eigenvalue weighted by Gasteiger charge is 2.53. The third-order valence-corrected chi connectivity index (χ3v) is 4.79. The van der Waals surface area contributed by atoms with Crippen LogP contribution in [0.25, 0.3) is 0 Å². The Morgan fingerprint density at radius 3 is 2.35 bits per heavy atom. The van der Waals surface area contributed by atoms with Crippen LogP contribution in [0.3, 0.4) is 0 Å². The third kappa shape index (κ3) is 2.38. The predicted octanol–water partition coefficient (Wildman–Crippen LogP) is 1.96. The first-order valence-electron chi connectivity index (χ1n) is 6.92. The Morgan fingerprint density at radius 2 is 1.88 bits per heavy atom. The minimum absolute atomic E-state index is 0.0446. The Balaban J connectivity index is 2.21. The minimum Gasteiger partial charge on any atom is -0.396 e. The molecule has 0 aromatic heterocycles. The molecular weight excluding hydrogens is 216 g/mol. The van der Waals surface area contributed by atoms with E-state index in [0.717, 1.165) is 32.3 Å². The van der Waals surface area contributed by atoms with Gasteiger partial charge < -0.3 is 14.9 Å². The van der Waals surface area contributed by atoms with Crippen molar-refractivity contribution in [3.8, 4) is 0 Å². The van der Waals surface area contributed by atoms with Crippen LogP contribution in [0.4, 0.5) is 0 Å². The largest absolute Gasteiger partial charge is 0.396 e. The summed E-state index contributed by atoms with van der Waals surface area (Å²) in [5.74, 6) is 1.07. The lowest BCUT2D eigenvalue weighted by Crippen LogP contribution is -2.58. The molecule has 2 aliphatic rings. The van der Waals surface area contributed by atoms with Crippen LogP contribution in [0.15, 0.2) is 0 Å². The zero-order valence-corrected chi connectivity index (χ0v) is 11.1. The molecule has 100 valence electrons. The van der Waals surface area contributed by atoms with Gasteiger partial charge in [0.15, 0.2) is 0 Å². The molecule has 17 heavy (non-hydrogen) atoms. The van der Waals surface area contributed by atoms with Gasteiger partial charge in [-0.2, -0.15) is 0 Å². The zero-order chi connectivity index (χ0) is 12.5. The molecule has 3 heteroatoms. The topological polar surface area (TPSA) is 49.7 Å². The SMILES string of the molecule is CC1CC(C)CC(O)(C2(CO)CCCOC2)C1. The van der Waals surface area contributed by atoms with E-state index in [2.05, 4.69) is 13.8 Å². The van der Waals surface area contributed by atoms with E-state index in [0.29, 0.717) is 18.4 Å². The smallest absolute Gasteiger partial charge is 0.0752 e. The summed E-state index contributed by atoms with van der Waals surface area (Å²) in [5, 5.41) is 20.8. The molecule has 0 aromatic rings. The van der Waals surface area contributed by atoms with Crippen LogP contribution in [-0.2, 0) is 4.74 Å². The van der Waals surface area contributed by atoms with Gasteiger partial charge in [-0.15, -0.1) is 0 Å². The molecule has 0 bridgehead atoms. The van der Waals surface area contributed by atoms with Gasteiger partial charge in [0.1, 0.15) is 0 Å². The minimum atomic E-state index is -0.737. The molecule has 1 aliphatic heterocycles. The Morgan fingerprint density at radius 1 is 1.24 bits per heavy atom. The summed E-state index contributed by atoms with van der Waals surface area (Å²) in [6, 6.07) is 0. The van der Waals surface area contributed by atoms with Gasteiger partial charge in [-0.1, -0.05) is 13.8 Å². The van der Waals surface area contributed by atoms with Crippen LogP contribution in [-0.4, -0.2) is 35.6 Å². The van der Waals surface area contributed by atoms with E-state index in [4.69, 9.17) is 4.74 Å². The lowest BCUT2D eigenvalue weighted by molar-refractivity contribution is -0.193. The van der Waals surface area contributed by atoms with Gasteiger partial charge in [0.05, 0.1) is 18.8 Å². The second-order valence-corrected chi connectivity index (χ2v) is 6.48. The molecule has 0 amide bonds. The van der Waals surface area contributed by atoms with Crippen LogP contribution in [0, 0.1) is 17.3 Å². The van der Waals surface area contributed by atoms with Crippen LogP contribution in [0.2, 0.25) is 0 Å². The first kappa shape index (κ1) is 13.3. The van der Waals surface area contributed by atoms with Crippen molar-refractivity contribution in [2.24, 2.45) is 17.3 Å². The lowest BCUT2D eigenvalue weighted by atomic mass is 9.59. The second kappa shape index (κ2) is 4.87. The van der Waals surface area contributed by atoms with Crippen LogP contribution < -0.4 is 0 Å². The fourth-order valence-electron chi connectivity index (χ4n) is 4.01. The molecule has 3 atom stereocenters. The Hall–Kier alpha value is -0.120. The van der Waals surface area contributed by atoms with Crippen molar-refractivity contribution >= 4 is 0 Å². The van der Waals surface area contributed by atoms with Gasteiger partial charge in [-0.25, -0.2) is 0 Å². The summed E-state index contributed by atoms with van der Waals surface area (Å²) in [6.07, 6.45) is 4.64. The highest BCUT2D eigenvalue weighted by atomic mass is 16.5. The maximum atomic E-state index is 11.0. The van der Waals surface area contributed by atoms with Crippen LogP contribution in [0.1, 0.15) is 46.0 Å². The van der Waals surface area contributed by atoms with Crippen molar-refractivity contribution in [1.82, 2.24) is 0 Å². The van der Waals surface area contributed by atoms with E-state index < -0.39 is 11.0 Å². The normalized spacial score (nSPS) is 48.0. The average molecular weight is 242 g/mol. The Bertz CT molecular complexity index is 248. The maximum Gasteiger partial charge on any atom is 0.0752 e. The number of hydrogen-bond donors (Lipinski definition) is 2. The number of aliphatic hydroxyl groups is 2. The summed E-state index contributed by atoms with van der Waals surface area (Å²) in [4.78, 5) is 0. The zero-order valence-electron chi connectivity index (χ0n) is 11.1. The number of ether oxygens (including phenoxy) is 1. The molecule has 0 spiro atoms. The van der Waals surface area contributed by atoms with Gasteiger partial charge in [0.25, 0.3) is 0 Å². The fourth-order valence-corrected chi connectivity index (χ4v) is 4.01. The quantitative estimate of drug-likeness (QED) is 0.778. The second-order valence-electron chi connectivity index (χ2n) is 6.48. The molecule has 2 rings (SSSR count). The van der Waals surface area contributed by atoms with Crippen molar-refractivity contribution in [1.29, 1.82) is 0 Å². The molecule has 2 fully saturated rings. The molecular formula is C14H26O3. The predicted molar refractivity (Wildman–Crippen MR) is 66.7 cm³/mol. The monoisotopic (exact) mass is 242 g/mol. The number of hydrogen-bond acceptors (Lipinski definition) is 3. The highest BCUT2D eigenvalue weighted by molar-refractivity contribution is 5.03. The van der Waals surface area contributed by atoms with E-state index >= 15 is 0 Å². The standard InChI is InChI=1S/C14H26O3/c1-11-6-12(2)8-14(16,7-11)13(9-15)4-3-5-17-10-13/h11-12,15-16H,3-10H2,1-2H3. The Kier molecular flexibility index (Phi) is 3.81. The van der Waals surface area contributed by atoms with Crippen molar-refractivity contribution in [2.45, 2.75) is 51.6 Å². The van der Waals surface area contributed by atoms with Crippen molar-refractivity contribution in [3.63, 3.8) is 0 Å². The van der Waals surface area contributed by atoms with E-state index in [9.17, 15) is 10.2 Å². The van der Waals surface area contributed by atoms with E-state index in [1.165, 1.54) is 6.42 Å². The maximum absolute atomic E-state index is 11.0. The first-order valence-corrected chi connectivity index (χ1v) is 6.92. The first-order chi connectivity index (χ1) is 8.01. The van der Waals surface area contributed by atoms with E-state index in [1.807, 2.05) is 0 Å². The van der Waals surface area contributed by atoms with Crippen LogP contribution >= 0.6 is 0 Å². The van der Waals surface area contributed by atoms with Gasteiger partial charge in [0.2, 0.25) is 0 Å². The average Bonchev–Trinajstić information content (AvgIpc) is 2.28. The molecule has 1 aliphatic carbocycles. The third-order valence-electron chi connectivity index (χ3n) is 4.79. The molecule has 0 radical (unpaired) electrons. The van der Waals surface area contributed by atoms with Gasteiger partial charge in [-0.05, 0) is 43.9 Å². The summed E-state index contributed by atoms with van der Waals surface area (Å²) >= 11 is 0. The Labute approximate surface area is 104 Å². The molecule has 3 unspecified atom stereocenters. The van der Waals surface area contributed by atoms with Crippen molar-refractivity contribution < 1.29 is 14.9 Å². The van der Waals surface area contributed by atoms with E-state index in [-0.39, 0.29) is 6.61 Å². The summed E-state index contributed by atoms with van der Waals surface area (Å²) < 4.78 is 5.55. The molecule has 0 aromatic carbocycles. The van der Waals surface area contributed by atoms with Gasteiger partial charge in [0, 0.05) is 12.0 Å². The fraction of sp³-hybridized carbons (Fsp3) is 1.00. The molecule has 1 heterocycles. The highest BCUT2D eigenvalue weighted by Crippen LogP contribution is 2.49. The summed E-state index contributed by atoms with van der Waals surface area (Å²) in [5.41, 5.74) is -1.16. The van der Waals surface area contributed by atoms with Crippen molar-refractivity contribution in [3.05, 3.63) is 0 Å². The van der Waals surface area contributed by atoms with Crippen LogP contribution in [0.5, 0.6) is 0 Å². The van der Waals surface area contributed by atoms with Gasteiger partial charge >= 0.3 is 0 Å². The molecule has 3 nitrogen and oxygen atoms in total. The molecule has 1 saturated heterocycles. The molecule has 2 N–H and O–H groups in total. The number of aliphatic hydroxyl groups excluding tert-OH is 1. The number of rotatable bonds is 2. The van der Waals surface area contributed by atoms with Crippen molar-refractivity contribution in [2.75, 3.05) is 19.8 Å². The van der Waals surface area contributed by atoms with Gasteiger partial charge in [-0.3, -0.25) is 0 Å². The lowest BCUT2D eigenvalue weighted by Gasteiger charge is -2.52.